The highest BCUT2D eigenvalue weighted by atomic mass is 16.3. The monoisotopic (exact) mass is 291 g/mol. The van der Waals surface area contributed by atoms with E-state index in [1.165, 1.54) is 12.8 Å². The van der Waals surface area contributed by atoms with Crippen LogP contribution >= 0.6 is 0 Å². The van der Waals surface area contributed by atoms with Crippen molar-refractivity contribution >= 4 is 11.6 Å². The van der Waals surface area contributed by atoms with Crippen LogP contribution in [0.2, 0.25) is 0 Å². The van der Waals surface area contributed by atoms with Crippen molar-refractivity contribution in [1.82, 2.24) is 9.97 Å². The third kappa shape index (κ3) is 3.44. The first kappa shape index (κ1) is 14.5. The molecule has 2 fully saturated rings. The predicted octanol–water partition coefficient (Wildman–Crippen LogP) is 1.91. The van der Waals surface area contributed by atoms with Crippen molar-refractivity contribution < 1.29 is 5.11 Å². The number of aliphatic hydroxyl groups is 1. The molecular weight excluding hydrogens is 266 g/mol. The lowest BCUT2D eigenvalue weighted by Crippen LogP contribution is -2.24. The van der Waals surface area contributed by atoms with Gasteiger partial charge in [-0.1, -0.05) is 0 Å². The largest absolute Gasteiger partial charge is 0.393 e. The van der Waals surface area contributed by atoms with Gasteiger partial charge in [-0.05, 0) is 51.4 Å². The molecule has 0 radical (unpaired) electrons. The molecule has 3 rings (SSSR count). The van der Waals surface area contributed by atoms with Gasteiger partial charge in [0.2, 0.25) is 0 Å². The number of aliphatic hydroxyl groups excluding tert-OH is 1. The second kappa shape index (κ2) is 6.15. The summed E-state index contributed by atoms with van der Waals surface area (Å²) in [5, 5.41) is 13.0. The normalized spacial score (nSPS) is 25.7. The lowest BCUT2D eigenvalue weighted by molar-refractivity contribution is 0.111. The molecule has 0 spiro atoms. The van der Waals surface area contributed by atoms with Crippen molar-refractivity contribution in [2.45, 2.75) is 57.5 Å². The molecule has 1 heterocycles. The van der Waals surface area contributed by atoms with E-state index in [1.54, 1.807) is 0 Å². The molecule has 0 bridgehead atoms. The minimum atomic E-state index is -0.100. The predicted molar refractivity (Wildman–Crippen MR) is 83.0 cm³/mol. The number of nitrogens with one attached hydrogen (secondary N) is 2. The minimum Gasteiger partial charge on any atom is -0.393 e. The lowest BCUT2D eigenvalue weighted by atomic mass is 9.87. The third-order valence-corrected chi connectivity index (χ3v) is 4.62. The van der Waals surface area contributed by atoms with E-state index in [-0.39, 0.29) is 6.10 Å². The molecule has 1 aromatic heterocycles. The number of anilines is 2. The number of hydrazine groups is 1. The van der Waals surface area contributed by atoms with Crippen molar-refractivity contribution in [3.63, 3.8) is 0 Å². The Hall–Kier alpha value is -1.40. The number of rotatable bonds is 5. The first-order valence-electron chi connectivity index (χ1n) is 7.94. The topological polar surface area (TPSA) is 96.1 Å². The highest BCUT2D eigenvalue weighted by Gasteiger charge is 2.28. The van der Waals surface area contributed by atoms with Gasteiger partial charge in [0.25, 0.3) is 0 Å². The molecule has 0 unspecified atom stereocenters. The number of hydrogen-bond acceptors (Lipinski definition) is 6. The highest BCUT2D eigenvalue weighted by molar-refractivity contribution is 5.57. The third-order valence-electron chi connectivity index (χ3n) is 4.62. The molecule has 21 heavy (non-hydrogen) atoms. The van der Waals surface area contributed by atoms with Gasteiger partial charge in [-0.15, -0.1) is 0 Å². The average molecular weight is 291 g/mol. The molecule has 0 aliphatic heterocycles. The molecule has 0 amide bonds. The van der Waals surface area contributed by atoms with E-state index in [2.05, 4.69) is 20.7 Å². The van der Waals surface area contributed by atoms with Crippen LogP contribution in [-0.2, 0) is 0 Å². The van der Waals surface area contributed by atoms with Crippen LogP contribution in [0.1, 0.15) is 55.8 Å². The van der Waals surface area contributed by atoms with E-state index < -0.39 is 0 Å². The van der Waals surface area contributed by atoms with Crippen molar-refractivity contribution in [2.75, 3.05) is 17.3 Å². The minimum absolute atomic E-state index is 0.100. The summed E-state index contributed by atoms with van der Waals surface area (Å²) in [4.78, 5) is 9.17. The molecule has 1 aromatic rings. The number of nitrogen functional groups attached to an aromatic ring is 1. The van der Waals surface area contributed by atoms with Crippen LogP contribution in [0.25, 0.3) is 0 Å². The zero-order valence-electron chi connectivity index (χ0n) is 12.6. The smallest absolute Gasteiger partial charge is 0.148 e. The summed E-state index contributed by atoms with van der Waals surface area (Å²) in [6, 6.07) is 0. The molecule has 6 heteroatoms. The molecule has 0 saturated heterocycles. The quantitative estimate of drug-likeness (QED) is 0.489. The Morgan fingerprint density at radius 1 is 1.10 bits per heavy atom. The highest BCUT2D eigenvalue weighted by Crippen LogP contribution is 2.39. The van der Waals surface area contributed by atoms with E-state index in [9.17, 15) is 5.11 Å². The second-order valence-corrected chi connectivity index (χ2v) is 6.38. The molecule has 116 valence electrons. The van der Waals surface area contributed by atoms with Gasteiger partial charge in [0.15, 0.2) is 0 Å². The number of nitrogens with zero attached hydrogens (tertiary/aromatic N) is 2. The van der Waals surface area contributed by atoms with E-state index in [0.29, 0.717) is 17.7 Å². The molecule has 0 atom stereocenters. The maximum atomic E-state index is 9.57. The first-order chi connectivity index (χ1) is 10.2. The average Bonchev–Trinajstić information content (AvgIpc) is 3.32. The zero-order valence-corrected chi connectivity index (χ0v) is 12.6. The zero-order chi connectivity index (χ0) is 14.8. The summed E-state index contributed by atoms with van der Waals surface area (Å²) in [5.74, 6) is 9.19. The fourth-order valence-corrected chi connectivity index (χ4v) is 2.96. The maximum absolute atomic E-state index is 9.57. The summed E-state index contributed by atoms with van der Waals surface area (Å²) in [6.07, 6.45) is 6.23. The Bertz CT molecular complexity index is 495. The van der Waals surface area contributed by atoms with Crippen LogP contribution in [-0.4, -0.2) is 27.7 Å². The molecule has 6 nitrogen and oxygen atoms in total. The number of hydrogen-bond donors (Lipinski definition) is 4. The fraction of sp³-hybridized carbons (Fsp3) is 0.733. The van der Waals surface area contributed by atoms with E-state index in [4.69, 9.17) is 5.84 Å². The van der Waals surface area contributed by atoms with Gasteiger partial charge in [-0.25, -0.2) is 15.8 Å². The van der Waals surface area contributed by atoms with E-state index in [1.807, 2.05) is 6.92 Å². The Balaban J connectivity index is 1.67. The van der Waals surface area contributed by atoms with Gasteiger partial charge in [0.05, 0.1) is 6.10 Å². The molecule has 2 aliphatic rings. The molecular formula is C15H25N5O. The van der Waals surface area contributed by atoms with Gasteiger partial charge in [-0.3, -0.25) is 0 Å². The Morgan fingerprint density at radius 2 is 1.76 bits per heavy atom. The van der Waals surface area contributed by atoms with Crippen LogP contribution in [0.4, 0.5) is 11.6 Å². The molecule has 5 N–H and O–H groups in total. The van der Waals surface area contributed by atoms with Gasteiger partial charge >= 0.3 is 0 Å². The molecule has 0 aromatic carbocycles. The number of nitrogens with two attached hydrogens (primary N) is 1. The van der Waals surface area contributed by atoms with Gasteiger partial charge < -0.3 is 15.8 Å². The maximum Gasteiger partial charge on any atom is 0.148 e. The van der Waals surface area contributed by atoms with E-state index in [0.717, 1.165) is 49.4 Å². The van der Waals surface area contributed by atoms with Crippen molar-refractivity contribution in [1.29, 1.82) is 0 Å². The summed E-state index contributed by atoms with van der Waals surface area (Å²) < 4.78 is 0. The van der Waals surface area contributed by atoms with Crippen molar-refractivity contribution in [3.8, 4) is 0 Å². The second-order valence-electron chi connectivity index (χ2n) is 6.38. The fourth-order valence-electron chi connectivity index (χ4n) is 2.96. The summed E-state index contributed by atoms with van der Waals surface area (Å²) in [7, 11) is 0. The Labute approximate surface area is 125 Å². The summed E-state index contributed by atoms with van der Waals surface area (Å²) >= 11 is 0. The van der Waals surface area contributed by atoms with Gasteiger partial charge in [-0.2, -0.15) is 0 Å². The van der Waals surface area contributed by atoms with Crippen LogP contribution in [0.3, 0.4) is 0 Å². The summed E-state index contributed by atoms with van der Waals surface area (Å²) in [6.45, 7) is 2.89. The van der Waals surface area contributed by atoms with Crippen LogP contribution in [0, 0.1) is 12.8 Å². The van der Waals surface area contributed by atoms with E-state index >= 15 is 0 Å². The Kier molecular flexibility index (Phi) is 4.26. The van der Waals surface area contributed by atoms with Crippen LogP contribution in [0.5, 0.6) is 0 Å². The standard InChI is InChI=1S/C15H25N5O/c1-9-13(17-8-10-2-6-12(21)7-3-10)18-15(11-4-5-11)19-14(9)20-16/h10-12,21H,2-8,16H2,1H3,(H2,17,18,19,20). The SMILES string of the molecule is Cc1c(NN)nc(C2CC2)nc1NCC1CCC(O)CC1. The van der Waals surface area contributed by atoms with Gasteiger partial charge in [0, 0.05) is 18.0 Å². The van der Waals surface area contributed by atoms with Crippen molar-refractivity contribution in [2.24, 2.45) is 11.8 Å². The lowest BCUT2D eigenvalue weighted by Gasteiger charge is -2.26. The number of aromatic nitrogens is 2. The van der Waals surface area contributed by atoms with Crippen LogP contribution < -0.4 is 16.6 Å². The first-order valence-corrected chi connectivity index (χ1v) is 7.94. The summed E-state index contributed by atoms with van der Waals surface area (Å²) in [5.41, 5.74) is 3.65. The molecule has 2 saturated carbocycles. The molecule has 2 aliphatic carbocycles. The van der Waals surface area contributed by atoms with Crippen molar-refractivity contribution in [3.05, 3.63) is 11.4 Å². The Morgan fingerprint density at radius 3 is 2.38 bits per heavy atom. The van der Waals surface area contributed by atoms with Crippen LogP contribution in [0.15, 0.2) is 0 Å². The van der Waals surface area contributed by atoms with Gasteiger partial charge in [0.1, 0.15) is 17.5 Å².